The van der Waals surface area contributed by atoms with Crippen LogP contribution in [0.15, 0.2) is 12.3 Å². The van der Waals surface area contributed by atoms with E-state index in [9.17, 15) is 9.59 Å². The van der Waals surface area contributed by atoms with Crippen molar-refractivity contribution in [3.05, 3.63) is 29.2 Å². The Morgan fingerprint density at radius 2 is 2.05 bits per heavy atom. The molecule has 0 bridgehead atoms. The summed E-state index contributed by atoms with van der Waals surface area (Å²) < 4.78 is 7.82. The van der Waals surface area contributed by atoms with E-state index in [1.54, 1.807) is 34.0 Å². The molecule has 0 radical (unpaired) electrons. The van der Waals surface area contributed by atoms with Crippen molar-refractivity contribution < 1.29 is 14.3 Å². The number of hydrogen-bond acceptors (Lipinski definition) is 5. The van der Waals surface area contributed by atoms with Crippen LogP contribution in [0.5, 0.6) is 0 Å². The molecule has 2 heterocycles. The second-order valence-corrected chi connectivity index (χ2v) is 4.50. The lowest BCUT2D eigenvalue weighted by atomic mass is 10.3. The molecule has 0 saturated heterocycles. The summed E-state index contributed by atoms with van der Waals surface area (Å²) >= 11 is 0. The van der Waals surface area contributed by atoms with Gasteiger partial charge < -0.3 is 10.1 Å². The molecule has 8 heteroatoms. The number of anilines is 1. The van der Waals surface area contributed by atoms with Crippen molar-refractivity contribution in [2.24, 2.45) is 14.1 Å². The van der Waals surface area contributed by atoms with Crippen LogP contribution in [0, 0.1) is 6.92 Å². The van der Waals surface area contributed by atoms with Crippen molar-refractivity contribution >= 4 is 17.7 Å². The Morgan fingerprint density at radius 3 is 2.62 bits per heavy atom. The molecule has 0 atom stereocenters. The van der Waals surface area contributed by atoms with Crippen molar-refractivity contribution in [2.75, 3.05) is 11.9 Å². The lowest BCUT2D eigenvalue weighted by Crippen LogP contribution is -2.20. The topological polar surface area (TPSA) is 91.0 Å². The van der Waals surface area contributed by atoms with Crippen molar-refractivity contribution in [2.45, 2.75) is 13.8 Å². The highest BCUT2D eigenvalue weighted by molar-refractivity contribution is 6.06. The van der Waals surface area contributed by atoms with Gasteiger partial charge in [-0.25, -0.2) is 4.79 Å². The van der Waals surface area contributed by atoms with Crippen LogP contribution in [-0.2, 0) is 18.8 Å². The highest BCUT2D eigenvalue weighted by atomic mass is 16.5. The second-order valence-electron chi connectivity index (χ2n) is 4.50. The molecule has 8 nitrogen and oxygen atoms in total. The highest BCUT2D eigenvalue weighted by Gasteiger charge is 2.21. The Hall–Kier alpha value is -2.64. The zero-order chi connectivity index (χ0) is 15.6. The molecule has 1 N–H and O–H groups in total. The minimum atomic E-state index is -0.526. The van der Waals surface area contributed by atoms with Gasteiger partial charge in [0, 0.05) is 14.1 Å². The van der Waals surface area contributed by atoms with Gasteiger partial charge in [-0.15, -0.1) is 0 Å². The second kappa shape index (κ2) is 5.78. The molecular weight excluding hydrogens is 274 g/mol. The fourth-order valence-corrected chi connectivity index (χ4v) is 1.94. The van der Waals surface area contributed by atoms with Gasteiger partial charge >= 0.3 is 5.97 Å². The molecule has 0 fully saturated rings. The van der Waals surface area contributed by atoms with E-state index in [1.165, 1.54) is 15.6 Å². The summed E-state index contributed by atoms with van der Waals surface area (Å²) in [5.74, 6) is -0.605. The molecule has 0 aliphatic carbocycles. The lowest BCUT2D eigenvalue weighted by molar-refractivity contribution is 0.0527. The van der Waals surface area contributed by atoms with Gasteiger partial charge in [-0.05, 0) is 19.9 Å². The number of nitrogens with one attached hydrogen (secondary N) is 1. The average molecular weight is 291 g/mol. The summed E-state index contributed by atoms with van der Waals surface area (Å²) in [6, 6.07) is 1.66. The first kappa shape index (κ1) is 14.8. The molecule has 0 saturated carbocycles. The summed E-state index contributed by atoms with van der Waals surface area (Å²) in [6.45, 7) is 3.76. The number of aryl methyl sites for hydroxylation is 3. The fraction of sp³-hybridized carbons (Fsp3) is 0.385. The first-order valence-electron chi connectivity index (χ1n) is 6.45. The van der Waals surface area contributed by atoms with E-state index in [0.29, 0.717) is 5.69 Å². The molecular formula is C13H17N5O3. The van der Waals surface area contributed by atoms with E-state index in [2.05, 4.69) is 15.5 Å². The Labute approximate surface area is 121 Å². The molecule has 0 aliphatic rings. The van der Waals surface area contributed by atoms with Gasteiger partial charge in [0.25, 0.3) is 5.91 Å². The molecule has 2 rings (SSSR count). The Morgan fingerprint density at radius 1 is 1.33 bits per heavy atom. The monoisotopic (exact) mass is 291 g/mol. The summed E-state index contributed by atoms with van der Waals surface area (Å²) in [5.41, 5.74) is 1.34. The highest BCUT2D eigenvalue weighted by Crippen LogP contribution is 2.16. The van der Waals surface area contributed by atoms with Crippen LogP contribution in [0.2, 0.25) is 0 Å². The van der Waals surface area contributed by atoms with E-state index < -0.39 is 5.97 Å². The maximum atomic E-state index is 12.3. The standard InChI is InChI=1S/C13H17N5O3/c1-5-21-13(20)9-7-14-18(4)11(9)15-12(19)10-6-8(2)16-17(10)3/h6-7H,5H2,1-4H3,(H,15,19). The SMILES string of the molecule is CCOC(=O)c1cnn(C)c1NC(=O)c1cc(C)nn1C. The van der Waals surface area contributed by atoms with Gasteiger partial charge in [-0.2, -0.15) is 10.2 Å². The third kappa shape index (κ3) is 2.93. The molecule has 0 aromatic carbocycles. The minimum Gasteiger partial charge on any atom is -0.462 e. The quantitative estimate of drug-likeness (QED) is 0.845. The number of amides is 1. The van der Waals surface area contributed by atoms with Crippen LogP contribution in [0.1, 0.15) is 33.5 Å². The molecule has 0 spiro atoms. The number of esters is 1. The summed E-state index contributed by atoms with van der Waals surface area (Å²) in [6.07, 6.45) is 1.36. The molecule has 2 aromatic rings. The smallest absolute Gasteiger partial charge is 0.343 e. The van der Waals surface area contributed by atoms with E-state index >= 15 is 0 Å². The van der Waals surface area contributed by atoms with Crippen molar-refractivity contribution in [1.82, 2.24) is 19.6 Å². The Bertz CT molecular complexity index is 686. The number of carbonyl (C=O) groups is 2. The zero-order valence-electron chi connectivity index (χ0n) is 12.4. The van der Waals surface area contributed by atoms with Crippen LogP contribution in [0.3, 0.4) is 0 Å². The van der Waals surface area contributed by atoms with Crippen LogP contribution in [0.4, 0.5) is 5.82 Å². The number of rotatable bonds is 4. The van der Waals surface area contributed by atoms with Gasteiger partial charge in [0.1, 0.15) is 17.1 Å². The molecule has 21 heavy (non-hydrogen) atoms. The number of aromatic nitrogens is 4. The van der Waals surface area contributed by atoms with Crippen LogP contribution in [-0.4, -0.2) is 38.0 Å². The van der Waals surface area contributed by atoms with Gasteiger partial charge in [-0.3, -0.25) is 14.2 Å². The lowest BCUT2D eigenvalue weighted by Gasteiger charge is -2.08. The van der Waals surface area contributed by atoms with Gasteiger partial charge in [0.05, 0.1) is 18.5 Å². The number of hydrogen-bond donors (Lipinski definition) is 1. The predicted octanol–water partition coefficient (Wildman–Crippen LogP) is 0.891. The summed E-state index contributed by atoms with van der Waals surface area (Å²) in [4.78, 5) is 24.1. The fourth-order valence-electron chi connectivity index (χ4n) is 1.94. The van der Waals surface area contributed by atoms with E-state index in [0.717, 1.165) is 5.69 Å². The zero-order valence-corrected chi connectivity index (χ0v) is 12.4. The van der Waals surface area contributed by atoms with Gasteiger partial charge in [0.2, 0.25) is 0 Å². The molecule has 112 valence electrons. The molecule has 2 aromatic heterocycles. The van der Waals surface area contributed by atoms with Crippen LogP contribution < -0.4 is 5.32 Å². The van der Waals surface area contributed by atoms with Gasteiger partial charge in [0.15, 0.2) is 0 Å². The summed E-state index contributed by atoms with van der Waals surface area (Å²) in [7, 11) is 3.31. The van der Waals surface area contributed by atoms with Crippen LogP contribution >= 0.6 is 0 Å². The van der Waals surface area contributed by atoms with E-state index in [4.69, 9.17) is 4.74 Å². The maximum Gasteiger partial charge on any atom is 0.343 e. The maximum absolute atomic E-state index is 12.3. The first-order chi connectivity index (χ1) is 9.93. The minimum absolute atomic E-state index is 0.214. The molecule has 0 aliphatic heterocycles. The third-order valence-corrected chi connectivity index (χ3v) is 2.90. The van der Waals surface area contributed by atoms with E-state index in [-0.39, 0.29) is 23.9 Å². The largest absolute Gasteiger partial charge is 0.462 e. The van der Waals surface area contributed by atoms with Crippen LogP contribution in [0.25, 0.3) is 0 Å². The number of carbonyl (C=O) groups excluding carboxylic acids is 2. The normalized spacial score (nSPS) is 10.5. The van der Waals surface area contributed by atoms with E-state index in [1.807, 2.05) is 0 Å². The predicted molar refractivity (Wildman–Crippen MR) is 75.1 cm³/mol. The first-order valence-corrected chi connectivity index (χ1v) is 6.45. The van der Waals surface area contributed by atoms with Gasteiger partial charge in [-0.1, -0.05) is 0 Å². The van der Waals surface area contributed by atoms with Crippen molar-refractivity contribution in [3.63, 3.8) is 0 Å². The Balaban J connectivity index is 2.27. The third-order valence-electron chi connectivity index (χ3n) is 2.90. The van der Waals surface area contributed by atoms with Crippen molar-refractivity contribution in [1.29, 1.82) is 0 Å². The number of nitrogens with zero attached hydrogens (tertiary/aromatic N) is 4. The number of ether oxygens (including phenoxy) is 1. The molecule has 0 unspecified atom stereocenters. The summed E-state index contributed by atoms with van der Waals surface area (Å²) in [5, 5.41) is 10.8. The Kier molecular flexibility index (Phi) is 4.06. The van der Waals surface area contributed by atoms with Crippen molar-refractivity contribution in [3.8, 4) is 0 Å². The molecule has 1 amide bonds. The average Bonchev–Trinajstić information content (AvgIpc) is 2.93.